The van der Waals surface area contributed by atoms with Gasteiger partial charge in [-0.3, -0.25) is 4.79 Å². The Morgan fingerprint density at radius 2 is 2.50 bits per heavy atom. The van der Waals surface area contributed by atoms with Crippen LogP contribution in [-0.4, -0.2) is 10.9 Å². The lowest BCUT2D eigenvalue weighted by Crippen LogP contribution is -2.12. The number of rotatable bonds is 3. The molecule has 0 aliphatic rings. The van der Waals surface area contributed by atoms with Crippen molar-refractivity contribution >= 4 is 5.91 Å². The molecule has 0 saturated heterocycles. The van der Waals surface area contributed by atoms with Crippen LogP contribution in [0.2, 0.25) is 0 Å². The van der Waals surface area contributed by atoms with Gasteiger partial charge in [0.1, 0.15) is 0 Å². The van der Waals surface area contributed by atoms with E-state index in [0.29, 0.717) is 18.4 Å². The number of hydrogen-bond donors (Lipinski definition) is 2. The molecule has 0 spiro atoms. The fraction of sp³-hybridized carbons (Fsp3) is 0.250. The van der Waals surface area contributed by atoms with Gasteiger partial charge in [0.15, 0.2) is 0 Å². The molecule has 0 atom stereocenters. The number of nitrogens with one attached hydrogen (secondary N) is 1. The highest BCUT2D eigenvalue weighted by Gasteiger charge is 2.07. The summed E-state index contributed by atoms with van der Waals surface area (Å²) in [5, 5.41) is 8.31. The second-order valence-electron chi connectivity index (χ2n) is 2.39. The smallest absolute Gasteiger partial charge is 0.250 e. The largest absolute Gasteiger partial charge is 0.366 e. The fourth-order valence-electron chi connectivity index (χ4n) is 1.02. The Morgan fingerprint density at radius 3 is 3.08 bits per heavy atom. The fourth-order valence-corrected chi connectivity index (χ4v) is 1.02. The minimum atomic E-state index is -0.454. The van der Waals surface area contributed by atoms with Gasteiger partial charge in [-0.2, -0.15) is 5.26 Å². The van der Waals surface area contributed by atoms with Gasteiger partial charge in [0, 0.05) is 24.7 Å². The molecule has 3 N–H and O–H groups in total. The van der Waals surface area contributed by atoms with E-state index in [-0.39, 0.29) is 0 Å². The van der Waals surface area contributed by atoms with Crippen molar-refractivity contribution in [2.24, 2.45) is 5.73 Å². The summed E-state index contributed by atoms with van der Waals surface area (Å²) in [6, 6.07) is 3.62. The summed E-state index contributed by atoms with van der Waals surface area (Å²) in [6.07, 6.45) is 2.58. The molecule has 0 fully saturated rings. The van der Waals surface area contributed by atoms with Gasteiger partial charge in [0.2, 0.25) is 0 Å². The molecular weight excluding hydrogens is 154 g/mol. The first-order valence-electron chi connectivity index (χ1n) is 3.58. The minimum Gasteiger partial charge on any atom is -0.366 e. The van der Waals surface area contributed by atoms with Crippen LogP contribution < -0.4 is 5.73 Å². The number of nitrogens with two attached hydrogens (primary N) is 1. The second-order valence-corrected chi connectivity index (χ2v) is 2.39. The van der Waals surface area contributed by atoms with Gasteiger partial charge >= 0.3 is 0 Å². The Bertz CT molecular complexity index is 321. The normalized spacial score (nSPS) is 9.25. The summed E-state index contributed by atoms with van der Waals surface area (Å²) in [5.41, 5.74) is 6.31. The second kappa shape index (κ2) is 3.58. The standard InChI is InChI=1S/C8H9N3O/c9-4-1-2-7-6(8(10)12)3-5-11-7/h3,5,11H,1-2H2,(H2,10,12). The summed E-state index contributed by atoms with van der Waals surface area (Å²) in [5.74, 6) is -0.454. The van der Waals surface area contributed by atoms with Crippen LogP contribution in [0, 0.1) is 11.3 Å². The van der Waals surface area contributed by atoms with E-state index < -0.39 is 5.91 Å². The van der Waals surface area contributed by atoms with Crippen molar-refractivity contribution in [3.05, 3.63) is 23.5 Å². The molecule has 1 aromatic heterocycles. The molecule has 0 saturated carbocycles. The number of hydrogen-bond acceptors (Lipinski definition) is 2. The van der Waals surface area contributed by atoms with Crippen molar-refractivity contribution in [3.63, 3.8) is 0 Å². The summed E-state index contributed by atoms with van der Waals surface area (Å²) >= 11 is 0. The van der Waals surface area contributed by atoms with Crippen molar-refractivity contribution in [1.29, 1.82) is 5.26 Å². The minimum absolute atomic E-state index is 0.390. The number of aromatic nitrogens is 1. The summed E-state index contributed by atoms with van der Waals surface area (Å²) < 4.78 is 0. The predicted octanol–water partition coefficient (Wildman–Crippen LogP) is 0.570. The summed E-state index contributed by atoms with van der Waals surface area (Å²) in [7, 11) is 0. The molecule has 0 bridgehead atoms. The van der Waals surface area contributed by atoms with Crippen LogP contribution in [0.4, 0.5) is 0 Å². The summed E-state index contributed by atoms with van der Waals surface area (Å²) in [6.45, 7) is 0. The van der Waals surface area contributed by atoms with Crippen molar-refractivity contribution < 1.29 is 4.79 Å². The average molecular weight is 163 g/mol. The molecule has 1 heterocycles. The zero-order valence-electron chi connectivity index (χ0n) is 6.50. The van der Waals surface area contributed by atoms with E-state index in [9.17, 15) is 4.79 Å². The molecular formula is C8H9N3O. The molecule has 0 aliphatic heterocycles. The van der Waals surface area contributed by atoms with Crippen molar-refractivity contribution in [2.45, 2.75) is 12.8 Å². The third kappa shape index (κ3) is 1.64. The van der Waals surface area contributed by atoms with E-state index in [1.54, 1.807) is 12.3 Å². The van der Waals surface area contributed by atoms with E-state index in [1.165, 1.54) is 0 Å². The van der Waals surface area contributed by atoms with Gasteiger partial charge in [0.25, 0.3) is 5.91 Å². The lowest BCUT2D eigenvalue weighted by molar-refractivity contribution is 0.0999. The van der Waals surface area contributed by atoms with Gasteiger partial charge in [-0.1, -0.05) is 0 Å². The Balaban J connectivity index is 2.79. The Hall–Kier alpha value is -1.76. The molecule has 1 rings (SSSR count). The lowest BCUT2D eigenvalue weighted by Gasteiger charge is -1.95. The first-order chi connectivity index (χ1) is 5.75. The molecule has 4 heteroatoms. The molecule has 1 amide bonds. The van der Waals surface area contributed by atoms with Crippen LogP contribution in [0.25, 0.3) is 0 Å². The number of nitrogens with zero attached hydrogens (tertiary/aromatic N) is 1. The van der Waals surface area contributed by atoms with Gasteiger partial charge in [-0.25, -0.2) is 0 Å². The van der Waals surface area contributed by atoms with Gasteiger partial charge < -0.3 is 10.7 Å². The SMILES string of the molecule is N#CCCc1[nH]ccc1C(N)=O. The van der Waals surface area contributed by atoms with E-state index in [0.717, 1.165) is 5.69 Å². The molecule has 0 aromatic carbocycles. The molecule has 0 aliphatic carbocycles. The summed E-state index contributed by atoms with van der Waals surface area (Å²) in [4.78, 5) is 13.6. The Labute approximate surface area is 70.0 Å². The van der Waals surface area contributed by atoms with Gasteiger partial charge in [0.05, 0.1) is 11.6 Å². The number of carbonyl (C=O) groups excluding carboxylic acids is 1. The monoisotopic (exact) mass is 163 g/mol. The van der Waals surface area contributed by atoms with Crippen LogP contribution in [0.5, 0.6) is 0 Å². The van der Waals surface area contributed by atoms with Crippen LogP contribution in [0.3, 0.4) is 0 Å². The zero-order valence-corrected chi connectivity index (χ0v) is 6.50. The van der Waals surface area contributed by atoms with E-state index in [1.807, 2.05) is 6.07 Å². The maximum Gasteiger partial charge on any atom is 0.250 e. The maximum absolute atomic E-state index is 10.8. The number of carbonyl (C=O) groups is 1. The van der Waals surface area contributed by atoms with Crippen LogP contribution in [0.1, 0.15) is 22.5 Å². The Morgan fingerprint density at radius 1 is 1.75 bits per heavy atom. The van der Waals surface area contributed by atoms with Gasteiger partial charge in [-0.05, 0) is 6.07 Å². The molecule has 0 unspecified atom stereocenters. The molecule has 62 valence electrons. The highest BCUT2D eigenvalue weighted by molar-refractivity contribution is 5.94. The lowest BCUT2D eigenvalue weighted by atomic mass is 10.1. The highest BCUT2D eigenvalue weighted by atomic mass is 16.1. The van der Waals surface area contributed by atoms with E-state index >= 15 is 0 Å². The number of aromatic amines is 1. The van der Waals surface area contributed by atoms with Crippen molar-refractivity contribution in [1.82, 2.24) is 4.98 Å². The number of primary amides is 1. The van der Waals surface area contributed by atoms with Crippen molar-refractivity contribution in [3.8, 4) is 6.07 Å². The number of aryl methyl sites for hydroxylation is 1. The van der Waals surface area contributed by atoms with Crippen LogP contribution >= 0.6 is 0 Å². The van der Waals surface area contributed by atoms with E-state index in [4.69, 9.17) is 11.0 Å². The third-order valence-electron chi connectivity index (χ3n) is 1.58. The maximum atomic E-state index is 10.8. The number of H-pyrrole nitrogens is 1. The quantitative estimate of drug-likeness (QED) is 0.682. The topological polar surface area (TPSA) is 82.7 Å². The van der Waals surface area contributed by atoms with Crippen molar-refractivity contribution in [2.75, 3.05) is 0 Å². The van der Waals surface area contributed by atoms with E-state index in [2.05, 4.69) is 4.98 Å². The van der Waals surface area contributed by atoms with Crippen LogP contribution in [-0.2, 0) is 6.42 Å². The van der Waals surface area contributed by atoms with Gasteiger partial charge in [-0.15, -0.1) is 0 Å². The zero-order chi connectivity index (χ0) is 8.97. The molecule has 4 nitrogen and oxygen atoms in total. The number of amides is 1. The Kier molecular flexibility index (Phi) is 2.49. The van der Waals surface area contributed by atoms with Crippen LogP contribution in [0.15, 0.2) is 12.3 Å². The molecule has 1 aromatic rings. The first-order valence-corrected chi connectivity index (χ1v) is 3.58. The molecule has 12 heavy (non-hydrogen) atoms. The average Bonchev–Trinajstić information content (AvgIpc) is 2.48. The third-order valence-corrected chi connectivity index (χ3v) is 1.58. The molecule has 0 radical (unpaired) electrons. The number of nitriles is 1. The predicted molar refractivity (Wildman–Crippen MR) is 43.2 cm³/mol. The highest BCUT2D eigenvalue weighted by Crippen LogP contribution is 2.07. The first kappa shape index (κ1) is 8.34.